The van der Waals surface area contributed by atoms with Crippen LogP contribution in [-0.2, 0) is 11.3 Å². The standard InChI is InChI=1S/C12H20N4O3/c1-8(2)10(11(17)18)15-12(19)14-9(3)7-16-6-4-5-13-16/h4-6,8-10H,7H2,1-3H3,(H,17,18)(H2,14,15,19)/t9?,10-/m0/s1. The van der Waals surface area contributed by atoms with Crippen LogP contribution >= 0.6 is 0 Å². The van der Waals surface area contributed by atoms with E-state index in [-0.39, 0.29) is 12.0 Å². The number of carboxylic acids is 1. The van der Waals surface area contributed by atoms with Crippen LogP contribution < -0.4 is 10.6 Å². The average molecular weight is 268 g/mol. The SMILES string of the molecule is CC(Cn1cccn1)NC(=O)N[C@H](C(=O)O)C(C)C. The largest absolute Gasteiger partial charge is 0.480 e. The van der Waals surface area contributed by atoms with Gasteiger partial charge in [-0.15, -0.1) is 0 Å². The number of aliphatic carboxylic acids is 1. The van der Waals surface area contributed by atoms with Crippen molar-refractivity contribution in [2.75, 3.05) is 0 Å². The normalized spacial score (nSPS) is 13.9. The van der Waals surface area contributed by atoms with Crippen molar-refractivity contribution in [2.24, 2.45) is 5.92 Å². The number of hydrogen-bond acceptors (Lipinski definition) is 3. The quantitative estimate of drug-likeness (QED) is 0.707. The van der Waals surface area contributed by atoms with E-state index in [2.05, 4.69) is 15.7 Å². The van der Waals surface area contributed by atoms with Crippen molar-refractivity contribution in [3.63, 3.8) is 0 Å². The molecule has 3 N–H and O–H groups in total. The van der Waals surface area contributed by atoms with E-state index >= 15 is 0 Å². The second-order valence-corrected chi connectivity index (χ2v) is 4.81. The number of nitrogens with zero attached hydrogens (tertiary/aromatic N) is 2. The maximum Gasteiger partial charge on any atom is 0.326 e. The van der Waals surface area contributed by atoms with Gasteiger partial charge in [0, 0.05) is 18.4 Å². The van der Waals surface area contributed by atoms with Crippen molar-refractivity contribution in [1.82, 2.24) is 20.4 Å². The van der Waals surface area contributed by atoms with E-state index in [4.69, 9.17) is 5.11 Å². The van der Waals surface area contributed by atoms with Crippen LogP contribution in [-0.4, -0.2) is 39.0 Å². The van der Waals surface area contributed by atoms with Crippen LogP contribution in [0.15, 0.2) is 18.5 Å². The van der Waals surface area contributed by atoms with Gasteiger partial charge in [0.25, 0.3) is 0 Å². The highest BCUT2D eigenvalue weighted by Crippen LogP contribution is 2.01. The molecule has 0 aromatic carbocycles. The van der Waals surface area contributed by atoms with Crippen LogP contribution in [0.4, 0.5) is 4.79 Å². The predicted molar refractivity (Wildman–Crippen MR) is 69.6 cm³/mol. The van der Waals surface area contributed by atoms with E-state index < -0.39 is 18.0 Å². The van der Waals surface area contributed by atoms with E-state index in [1.165, 1.54) is 0 Å². The lowest BCUT2D eigenvalue weighted by Crippen LogP contribution is -2.51. The van der Waals surface area contributed by atoms with Crippen LogP contribution in [0.1, 0.15) is 20.8 Å². The third kappa shape index (κ3) is 4.99. The molecule has 1 rings (SSSR count). The molecule has 0 bridgehead atoms. The third-order valence-electron chi connectivity index (χ3n) is 2.62. The number of carbonyl (C=O) groups is 2. The molecule has 1 unspecified atom stereocenters. The molecule has 19 heavy (non-hydrogen) atoms. The molecule has 0 radical (unpaired) electrons. The minimum absolute atomic E-state index is 0.151. The predicted octanol–water partition coefficient (Wildman–Crippen LogP) is 0.680. The molecule has 0 fully saturated rings. The van der Waals surface area contributed by atoms with Gasteiger partial charge in [0.05, 0.1) is 6.54 Å². The van der Waals surface area contributed by atoms with E-state index in [1.807, 2.05) is 6.92 Å². The number of nitrogens with one attached hydrogen (secondary N) is 2. The number of aromatic nitrogens is 2. The molecule has 2 atom stereocenters. The number of carbonyl (C=O) groups excluding carboxylic acids is 1. The Morgan fingerprint density at radius 3 is 2.47 bits per heavy atom. The Bertz CT molecular complexity index is 417. The molecule has 1 aromatic heterocycles. The fourth-order valence-corrected chi connectivity index (χ4v) is 1.65. The van der Waals surface area contributed by atoms with E-state index in [0.29, 0.717) is 6.54 Å². The summed E-state index contributed by atoms with van der Waals surface area (Å²) in [6, 6.07) is 0.269. The minimum Gasteiger partial charge on any atom is -0.480 e. The molecule has 1 aromatic rings. The van der Waals surface area contributed by atoms with Crippen LogP contribution in [0.3, 0.4) is 0 Å². The fraction of sp³-hybridized carbons (Fsp3) is 0.583. The van der Waals surface area contributed by atoms with E-state index in [0.717, 1.165) is 0 Å². The van der Waals surface area contributed by atoms with Gasteiger partial charge in [0.2, 0.25) is 0 Å². The Morgan fingerprint density at radius 1 is 1.32 bits per heavy atom. The molecule has 106 valence electrons. The molecule has 0 aliphatic heterocycles. The molecular weight excluding hydrogens is 248 g/mol. The maximum atomic E-state index is 11.7. The van der Waals surface area contributed by atoms with Gasteiger partial charge in [-0.1, -0.05) is 13.8 Å². The lowest BCUT2D eigenvalue weighted by atomic mass is 10.1. The fourth-order valence-electron chi connectivity index (χ4n) is 1.65. The summed E-state index contributed by atoms with van der Waals surface area (Å²) in [4.78, 5) is 22.6. The topological polar surface area (TPSA) is 96.3 Å². The molecule has 1 heterocycles. The van der Waals surface area contributed by atoms with Gasteiger partial charge in [-0.25, -0.2) is 9.59 Å². The summed E-state index contributed by atoms with van der Waals surface area (Å²) in [5, 5.41) is 18.1. The number of urea groups is 1. The van der Waals surface area contributed by atoms with Crippen molar-refractivity contribution in [2.45, 2.75) is 39.4 Å². The van der Waals surface area contributed by atoms with Crippen molar-refractivity contribution in [3.8, 4) is 0 Å². The van der Waals surface area contributed by atoms with Gasteiger partial charge in [0.15, 0.2) is 0 Å². The zero-order valence-electron chi connectivity index (χ0n) is 11.3. The summed E-state index contributed by atoms with van der Waals surface area (Å²) in [5.41, 5.74) is 0. The van der Waals surface area contributed by atoms with E-state index in [1.54, 1.807) is 37.0 Å². The van der Waals surface area contributed by atoms with Gasteiger partial charge >= 0.3 is 12.0 Å². The van der Waals surface area contributed by atoms with Crippen LogP contribution in [0.5, 0.6) is 0 Å². The summed E-state index contributed by atoms with van der Waals surface area (Å²) in [5.74, 6) is -1.21. The van der Waals surface area contributed by atoms with Gasteiger partial charge in [-0.05, 0) is 18.9 Å². The third-order valence-corrected chi connectivity index (χ3v) is 2.62. The summed E-state index contributed by atoms with van der Waals surface area (Å²) in [6.45, 7) is 5.84. The first-order valence-electron chi connectivity index (χ1n) is 6.17. The lowest BCUT2D eigenvalue weighted by Gasteiger charge is -2.20. The first kappa shape index (κ1) is 15.0. The lowest BCUT2D eigenvalue weighted by molar-refractivity contribution is -0.140. The average Bonchev–Trinajstić information content (AvgIpc) is 2.77. The van der Waals surface area contributed by atoms with Crippen LogP contribution in [0, 0.1) is 5.92 Å². The first-order valence-corrected chi connectivity index (χ1v) is 6.17. The van der Waals surface area contributed by atoms with Crippen molar-refractivity contribution >= 4 is 12.0 Å². The van der Waals surface area contributed by atoms with Crippen molar-refractivity contribution < 1.29 is 14.7 Å². The highest BCUT2D eigenvalue weighted by atomic mass is 16.4. The Labute approximate surface area is 112 Å². The Morgan fingerprint density at radius 2 is 2.00 bits per heavy atom. The van der Waals surface area contributed by atoms with Gasteiger partial charge < -0.3 is 15.7 Å². The molecule has 0 saturated carbocycles. The second kappa shape index (κ2) is 6.77. The van der Waals surface area contributed by atoms with Crippen molar-refractivity contribution in [3.05, 3.63) is 18.5 Å². The summed E-state index contributed by atoms with van der Waals surface area (Å²) in [7, 11) is 0. The molecule has 7 heteroatoms. The maximum absolute atomic E-state index is 11.7. The number of hydrogen-bond donors (Lipinski definition) is 3. The Kier molecular flexibility index (Phi) is 5.35. The highest BCUT2D eigenvalue weighted by Gasteiger charge is 2.23. The molecule has 2 amide bonds. The van der Waals surface area contributed by atoms with Gasteiger partial charge in [-0.2, -0.15) is 5.10 Å². The Balaban J connectivity index is 2.43. The molecule has 0 spiro atoms. The van der Waals surface area contributed by atoms with Gasteiger partial charge in [-0.3, -0.25) is 4.68 Å². The number of carboxylic acid groups (broad SMARTS) is 1. The zero-order chi connectivity index (χ0) is 14.4. The monoisotopic (exact) mass is 268 g/mol. The first-order chi connectivity index (χ1) is 8.90. The van der Waals surface area contributed by atoms with E-state index in [9.17, 15) is 9.59 Å². The smallest absolute Gasteiger partial charge is 0.326 e. The molecular formula is C12H20N4O3. The number of rotatable bonds is 6. The highest BCUT2D eigenvalue weighted by molar-refractivity contribution is 5.82. The van der Waals surface area contributed by atoms with Crippen LogP contribution in [0.2, 0.25) is 0 Å². The summed E-state index contributed by atoms with van der Waals surface area (Å²) in [6.07, 6.45) is 3.45. The summed E-state index contributed by atoms with van der Waals surface area (Å²) < 4.78 is 1.70. The van der Waals surface area contributed by atoms with Gasteiger partial charge in [0.1, 0.15) is 6.04 Å². The molecule has 7 nitrogen and oxygen atoms in total. The van der Waals surface area contributed by atoms with Crippen LogP contribution in [0.25, 0.3) is 0 Å². The van der Waals surface area contributed by atoms with Crippen molar-refractivity contribution in [1.29, 1.82) is 0 Å². The molecule has 0 aliphatic rings. The summed E-state index contributed by atoms with van der Waals surface area (Å²) >= 11 is 0. The minimum atomic E-state index is -1.04. The zero-order valence-corrected chi connectivity index (χ0v) is 11.3. The number of amides is 2. The Hall–Kier alpha value is -2.05. The molecule has 0 aliphatic carbocycles. The molecule has 0 saturated heterocycles. The second-order valence-electron chi connectivity index (χ2n) is 4.81.